The lowest BCUT2D eigenvalue weighted by atomic mass is 9.89. The molecule has 0 atom stereocenters. The number of aromatic amines is 1. The van der Waals surface area contributed by atoms with Crippen molar-refractivity contribution in [3.63, 3.8) is 0 Å². The first kappa shape index (κ1) is 23.9. The normalized spacial score (nSPS) is 16.5. The van der Waals surface area contributed by atoms with Gasteiger partial charge in [0.1, 0.15) is 17.5 Å². The highest BCUT2D eigenvalue weighted by molar-refractivity contribution is 7.90. The summed E-state index contributed by atoms with van der Waals surface area (Å²) in [5.41, 5.74) is -4.97. The average Bonchev–Trinajstić information content (AvgIpc) is 3.36. The number of likely N-dealkylation sites (N-methyl/N-ethyl adjacent to an activating group) is 1. The Bertz CT molecular complexity index is 1330. The number of halogens is 3. The van der Waals surface area contributed by atoms with Crippen molar-refractivity contribution < 1.29 is 21.6 Å². The number of rotatable bonds is 8. The van der Waals surface area contributed by atoms with Crippen molar-refractivity contribution in [3.05, 3.63) is 24.8 Å². The standard InChI is InChI=1S/C19H22F3N9O2S/c1-29(2)8-7-25-17-14(15-13-3-6-24-16(13)27-12-26-15)9-31(28-17)18(4-5-23)10-30(11-18)34(32,33)19(20,21)22/h3,6,9,12H,4,7-8,10-11H2,1-2H3,(H,25,28)(H,24,26,27). The van der Waals surface area contributed by atoms with Gasteiger partial charge < -0.3 is 15.2 Å². The molecular weight excluding hydrogens is 475 g/mol. The summed E-state index contributed by atoms with van der Waals surface area (Å²) in [4.78, 5) is 13.5. The Morgan fingerprint density at radius 1 is 1.32 bits per heavy atom. The third kappa shape index (κ3) is 4.08. The number of nitrogens with one attached hydrogen (secondary N) is 2. The van der Waals surface area contributed by atoms with Gasteiger partial charge in [0, 0.05) is 44.0 Å². The lowest BCUT2D eigenvalue weighted by Crippen LogP contribution is -2.65. The zero-order chi connectivity index (χ0) is 24.7. The minimum atomic E-state index is -5.50. The molecule has 0 bridgehead atoms. The van der Waals surface area contributed by atoms with E-state index in [2.05, 4.69) is 25.4 Å². The molecule has 2 N–H and O–H groups in total. The van der Waals surface area contributed by atoms with Crippen LogP contribution in [0.2, 0.25) is 0 Å². The van der Waals surface area contributed by atoms with Crippen LogP contribution < -0.4 is 5.32 Å². The molecule has 0 radical (unpaired) electrons. The first-order chi connectivity index (χ1) is 16.0. The highest BCUT2D eigenvalue weighted by Crippen LogP contribution is 2.41. The van der Waals surface area contributed by atoms with Crippen molar-refractivity contribution >= 4 is 26.9 Å². The van der Waals surface area contributed by atoms with Crippen LogP contribution >= 0.6 is 0 Å². The average molecular weight is 498 g/mol. The van der Waals surface area contributed by atoms with Crippen LogP contribution in [0.5, 0.6) is 0 Å². The SMILES string of the molecule is CN(C)CCNc1nn(C2(CC#N)CN(S(=O)(=O)C(F)(F)F)C2)cc1-c1ncnc2[nH]ccc12. The highest BCUT2D eigenvalue weighted by Gasteiger charge is 2.59. The molecule has 0 spiro atoms. The second kappa shape index (κ2) is 8.53. The molecule has 0 aromatic carbocycles. The van der Waals surface area contributed by atoms with E-state index >= 15 is 0 Å². The molecular formula is C19H22F3N9O2S. The third-order valence-corrected chi connectivity index (χ3v) is 7.17. The van der Waals surface area contributed by atoms with Crippen LogP contribution in [0.3, 0.4) is 0 Å². The lowest BCUT2D eigenvalue weighted by Gasteiger charge is -2.47. The van der Waals surface area contributed by atoms with Gasteiger partial charge in [0.15, 0.2) is 5.82 Å². The molecule has 1 fully saturated rings. The van der Waals surface area contributed by atoms with E-state index in [1.165, 1.54) is 11.0 Å². The van der Waals surface area contributed by atoms with Crippen LogP contribution in [-0.4, -0.2) is 88.1 Å². The summed E-state index contributed by atoms with van der Waals surface area (Å²) >= 11 is 0. The molecule has 1 aliphatic rings. The Labute approximate surface area is 193 Å². The van der Waals surface area contributed by atoms with Crippen molar-refractivity contribution in [2.75, 3.05) is 45.6 Å². The lowest BCUT2D eigenvalue weighted by molar-refractivity contribution is -0.0565. The molecule has 0 aliphatic carbocycles. The number of hydrogen-bond donors (Lipinski definition) is 2. The minimum Gasteiger partial charge on any atom is -0.367 e. The van der Waals surface area contributed by atoms with Crippen LogP contribution in [0.4, 0.5) is 19.0 Å². The summed E-state index contributed by atoms with van der Waals surface area (Å²) < 4.78 is 64.4. The molecule has 3 aromatic rings. The molecule has 15 heteroatoms. The van der Waals surface area contributed by atoms with Gasteiger partial charge in [-0.05, 0) is 20.2 Å². The number of alkyl halides is 3. The molecule has 4 rings (SSSR count). The molecule has 3 aromatic heterocycles. The fourth-order valence-corrected chi connectivity index (χ4v) is 4.93. The zero-order valence-electron chi connectivity index (χ0n) is 18.3. The fraction of sp³-hybridized carbons (Fsp3) is 0.474. The molecule has 0 unspecified atom stereocenters. The summed E-state index contributed by atoms with van der Waals surface area (Å²) in [6, 6.07) is 3.74. The summed E-state index contributed by atoms with van der Waals surface area (Å²) in [6.45, 7) is 0.142. The Morgan fingerprint density at radius 3 is 2.71 bits per heavy atom. The molecule has 182 valence electrons. The Kier molecular flexibility index (Phi) is 6.00. The first-order valence-electron chi connectivity index (χ1n) is 10.2. The van der Waals surface area contributed by atoms with Crippen molar-refractivity contribution in [3.8, 4) is 17.3 Å². The van der Waals surface area contributed by atoms with E-state index in [0.717, 1.165) is 0 Å². The number of fused-ring (bicyclic) bond motifs is 1. The van der Waals surface area contributed by atoms with Gasteiger partial charge in [0.2, 0.25) is 0 Å². The van der Waals surface area contributed by atoms with E-state index in [-0.39, 0.29) is 6.42 Å². The Morgan fingerprint density at radius 2 is 2.06 bits per heavy atom. The van der Waals surface area contributed by atoms with Crippen LogP contribution in [0.15, 0.2) is 24.8 Å². The second-order valence-corrected chi connectivity index (χ2v) is 10.2. The first-order valence-corrected chi connectivity index (χ1v) is 11.6. The van der Waals surface area contributed by atoms with Gasteiger partial charge in [0.05, 0.1) is 23.7 Å². The molecule has 0 saturated carbocycles. The van der Waals surface area contributed by atoms with Crippen molar-refractivity contribution in [2.24, 2.45) is 0 Å². The van der Waals surface area contributed by atoms with E-state index in [0.29, 0.717) is 45.5 Å². The fourth-order valence-electron chi connectivity index (χ4n) is 3.82. The van der Waals surface area contributed by atoms with E-state index in [1.54, 1.807) is 18.5 Å². The predicted octanol–water partition coefficient (Wildman–Crippen LogP) is 1.57. The number of hydrogen-bond acceptors (Lipinski definition) is 8. The van der Waals surface area contributed by atoms with Gasteiger partial charge in [-0.2, -0.15) is 27.8 Å². The maximum absolute atomic E-state index is 13.0. The Balaban J connectivity index is 1.74. The van der Waals surface area contributed by atoms with Crippen LogP contribution in [0.1, 0.15) is 6.42 Å². The van der Waals surface area contributed by atoms with E-state index < -0.39 is 34.2 Å². The molecule has 1 aliphatic heterocycles. The van der Waals surface area contributed by atoms with Gasteiger partial charge in [-0.15, -0.1) is 0 Å². The highest BCUT2D eigenvalue weighted by atomic mass is 32.2. The third-order valence-electron chi connectivity index (χ3n) is 5.64. The minimum absolute atomic E-state index is 0.224. The van der Waals surface area contributed by atoms with Crippen LogP contribution in [0.25, 0.3) is 22.3 Å². The maximum atomic E-state index is 13.0. The molecule has 11 nitrogen and oxygen atoms in total. The number of sulfonamides is 1. The van der Waals surface area contributed by atoms with Crippen molar-refractivity contribution in [2.45, 2.75) is 17.5 Å². The van der Waals surface area contributed by atoms with Gasteiger partial charge >= 0.3 is 15.5 Å². The largest absolute Gasteiger partial charge is 0.511 e. The molecule has 4 heterocycles. The van der Waals surface area contributed by atoms with Gasteiger partial charge in [-0.3, -0.25) is 4.68 Å². The van der Waals surface area contributed by atoms with Crippen molar-refractivity contribution in [1.29, 1.82) is 5.26 Å². The summed E-state index contributed by atoms with van der Waals surface area (Å²) in [7, 11) is -1.69. The number of anilines is 1. The molecule has 1 saturated heterocycles. The zero-order valence-corrected chi connectivity index (χ0v) is 19.2. The number of aromatic nitrogens is 5. The summed E-state index contributed by atoms with van der Waals surface area (Å²) in [5.74, 6) is 0.414. The van der Waals surface area contributed by atoms with Crippen molar-refractivity contribution in [1.82, 2.24) is 33.9 Å². The van der Waals surface area contributed by atoms with Gasteiger partial charge in [-0.1, -0.05) is 0 Å². The molecule has 34 heavy (non-hydrogen) atoms. The number of H-pyrrole nitrogens is 1. The second-order valence-electron chi connectivity index (χ2n) is 8.31. The molecule has 0 amide bonds. The quantitative estimate of drug-likeness (QED) is 0.479. The van der Waals surface area contributed by atoms with Crippen LogP contribution in [-0.2, 0) is 15.6 Å². The number of nitrogens with zero attached hydrogens (tertiary/aromatic N) is 7. The summed E-state index contributed by atoms with van der Waals surface area (Å²) in [5, 5.41) is 17.8. The van der Waals surface area contributed by atoms with Crippen LogP contribution in [0, 0.1) is 11.3 Å². The monoisotopic (exact) mass is 497 g/mol. The van der Waals surface area contributed by atoms with E-state index in [9.17, 15) is 26.9 Å². The summed E-state index contributed by atoms with van der Waals surface area (Å²) in [6.07, 6.45) is 4.44. The predicted molar refractivity (Wildman–Crippen MR) is 117 cm³/mol. The Hall–Kier alpha value is -3.22. The maximum Gasteiger partial charge on any atom is 0.511 e. The van der Waals surface area contributed by atoms with Gasteiger partial charge in [-0.25, -0.2) is 18.4 Å². The smallest absolute Gasteiger partial charge is 0.367 e. The van der Waals surface area contributed by atoms with E-state index in [4.69, 9.17) is 0 Å². The topological polar surface area (TPSA) is 136 Å². The van der Waals surface area contributed by atoms with Gasteiger partial charge in [0.25, 0.3) is 0 Å². The van der Waals surface area contributed by atoms with E-state index in [1.807, 2.05) is 25.1 Å². The number of nitriles is 1.